The van der Waals surface area contributed by atoms with Gasteiger partial charge in [0, 0.05) is 61.5 Å². The molecular formula is C26H29ClN4O3S. The Bertz CT molecular complexity index is 1280. The molecule has 1 fully saturated rings. The maximum atomic E-state index is 10.6. The molecule has 0 aliphatic carbocycles. The molecule has 0 amide bonds. The highest BCUT2D eigenvalue weighted by atomic mass is 35.5. The average molecular weight is 513 g/mol. The summed E-state index contributed by atoms with van der Waals surface area (Å²) in [5.74, 6) is 1.49. The highest BCUT2D eigenvalue weighted by molar-refractivity contribution is 7.18. The summed E-state index contributed by atoms with van der Waals surface area (Å²) in [6.07, 6.45) is -0.556. The molecule has 2 aromatic heterocycles. The van der Waals surface area contributed by atoms with Crippen LogP contribution < -0.4 is 4.74 Å². The van der Waals surface area contributed by atoms with E-state index >= 15 is 0 Å². The van der Waals surface area contributed by atoms with Crippen LogP contribution in [0.3, 0.4) is 0 Å². The minimum atomic E-state index is -0.556. The van der Waals surface area contributed by atoms with Crippen LogP contribution >= 0.6 is 22.9 Å². The summed E-state index contributed by atoms with van der Waals surface area (Å²) in [7, 11) is 0. The fourth-order valence-electron chi connectivity index (χ4n) is 4.47. The monoisotopic (exact) mass is 512 g/mol. The number of hydrogen-bond donors (Lipinski definition) is 1. The Kier molecular flexibility index (Phi) is 7.36. The number of hydrogen-bond acceptors (Lipinski definition) is 8. The van der Waals surface area contributed by atoms with Crippen LogP contribution in [0.4, 0.5) is 0 Å². The van der Waals surface area contributed by atoms with Crippen molar-refractivity contribution in [3.8, 4) is 17.1 Å². The van der Waals surface area contributed by atoms with Crippen molar-refractivity contribution in [1.82, 2.24) is 19.9 Å². The highest BCUT2D eigenvalue weighted by Crippen LogP contribution is 2.26. The number of ether oxygens (including phenoxy) is 1. The van der Waals surface area contributed by atoms with Crippen molar-refractivity contribution in [2.45, 2.75) is 32.5 Å². The maximum Gasteiger partial charge on any atom is 0.167 e. The SMILES string of the molecule is Cc1nc2cc(OCC(O)CN3CCN(Cc4cc(-c5ccc(Cl)cc5)on4)C(C)C3)ccc2s1. The van der Waals surface area contributed by atoms with E-state index in [1.165, 1.54) is 0 Å². The van der Waals surface area contributed by atoms with Crippen molar-refractivity contribution in [3.05, 3.63) is 64.3 Å². The van der Waals surface area contributed by atoms with E-state index in [2.05, 4.69) is 26.9 Å². The van der Waals surface area contributed by atoms with E-state index in [9.17, 15) is 5.11 Å². The molecule has 1 aliphatic rings. The lowest BCUT2D eigenvalue weighted by Gasteiger charge is -2.40. The van der Waals surface area contributed by atoms with Crippen LogP contribution in [-0.2, 0) is 6.54 Å². The van der Waals surface area contributed by atoms with E-state index in [-0.39, 0.29) is 6.61 Å². The summed E-state index contributed by atoms with van der Waals surface area (Å²) in [5.41, 5.74) is 2.82. The van der Waals surface area contributed by atoms with Gasteiger partial charge in [0.25, 0.3) is 0 Å². The van der Waals surface area contributed by atoms with Gasteiger partial charge in [0.15, 0.2) is 5.76 Å². The summed E-state index contributed by atoms with van der Waals surface area (Å²) in [5, 5.41) is 16.6. The van der Waals surface area contributed by atoms with Crippen LogP contribution in [0.25, 0.3) is 21.5 Å². The van der Waals surface area contributed by atoms with E-state index in [0.29, 0.717) is 17.6 Å². The number of thiazole rings is 1. The van der Waals surface area contributed by atoms with Gasteiger partial charge in [0.2, 0.25) is 0 Å². The van der Waals surface area contributed by atoms with Gasteiger partial charge in [-0.15, -0.1) is 11.3 Å². The molecule has 184 valence electrons. The van der Waals surface area contributed by atoms with Gasteiger partial charge in [-0.1, -0.05) is 16.8 Å². The van der Waals surface area contributed by atoms with Crippen molar-refractivity contribution in [1.29, 1.82) is 0 Å². The standard InChI is InChI=1S/C26H29ClN4O3S/c1-17-13-30(15-22(32)16-33-23-7-8-26-24(12-23)28-18(2)35-26)9-10-31(17)14-21-11-25(34-29-21)19-3-5-20(27)6-4-19/h3-8,11-12,17,22,32H,9-10,13-16H2,1-2H3. The van der Waals surface area contributed by atoms with Crippen LogP contribution in [0.15, 0.2) is 53.1 Å². The fraction of sp³-hybridized carbons (Fsp3) is 0.385. The van der Waals surface area contributed by atoms with E-state index in [1.807, 2.05) is 55.5 Å². The number of β-amino-alcohol motifs (C(OH)–C–C–N with tert-alkyl or cyclic N) is 1. The molecule has 0 spiro atoms. The second-order valence-corrected chi connectivity index (χ2v) is 10.8. The van der Waals surface area contributed by atoms with E-state index in [0.717, 1.165) is 64.2 Å². The van der Waals surface area contributed by atoms with Crippen LogP contribution in [0.2, 0.25) is 5.02 Å². The molecule has 2 aromatic carbocycles. The third kappa shape index (κ3) is 6.02. The number of piperazine rings is 1. The molecule has 3 heterocycles. The third-order valence-electron chi connectivity index (χ3n) is 6.28. The minimum Gasteiger partial charge on any atom is -0.491 e. The van der Waals surface area contributed by atoms with E-state index < -0.39 is 6.10 Å². The fourth-order valence-corrected chi connectivity index (χ4v) is 5.40. The number of fused-ring (bicyclic) bond motifs is 1. The van der Waals surface area contributed by atoms with Crippen molar-refractivity contribution in [2.75, 3.05) is 32.8 Å². The first-order valence-corrected chi connectivity index (χ1v) is 13.0. The molecule has 1 saturated heterocycles. The van der Waals surface area contributed by atoms with Crippen molar-refractivity contribution >= 4 is 33.2 Å². The van der Waals surface area contributed by atoms with Crippen molar-refractivity contribution in [2.24, 2.45) is 0 Å². The van der Waals surface area contributed by atoms with Gasteiger partial charge in [-0.25, -0.2) is 4.98 Å². The lowest BCUT2D eigenvalue weighted by atomic mass is 10.1. The number of benzene rings is 2. The molecule has 1 N–H and O–H groups in total. The number of halogens is 1. The topological polar surface area (TPSA) is 74.9 Å². The molecule has 0 saturated carbocycles. The van der Waals surface area contributed by atoms with Gasteiger partial charge in [0.05, 0.1) is 20.9 Å². The Labute approximate surface area is 213 Å². The summed E-state index contributed by atoms with van der Waals surface area (Å²) < 4.78 is 12.5. The predicted molar refractivity (Wildman–Crippen MR) is 139 cm³/mol. The highest BCUT2D eigenvalue weighted by Gasteiger charge is 2.26. The smallest absolute Gasteiger partial charge is 0.167 e. The Balaban J connectivity index is 1.09. The van der Waals surface area contributed by atoms with Crippen LogP contribution in [0.5, 0.6) is 5.75 Å². The minimum absolute atomic E-state index is 0.260. The van der Waals surface area contributed by atoms with E-state index in [1.54, 1.807) is 11.3 Å². The second kappa shape index (κ2) is 10.6. The number of aliphatic hydroxyl groups excluding tert-OH is 1. The van der Waals surface area contributed by atoms with Gasteiger partial charge >= 0.3 is 0 Å². The molecule has 7 nitrogen and oxygen atoms in total. The largest absolute Gasteiger partial charge is 0.491 e. The molecule has 35 heavy (non-hydrogen) atoms. The quantitative estimate of drug-likeness (QED) is 0.361. The van der Waals surface area contributed by atoms with Gasteiger partial charge < -0.3 is 14.4 Å². The number of aliphatic hydroxyl groups is 1. The lowest BCUT2D eigenvalue weighted by Crippen LogP contribution is -2.53. The van der Waals surface area contributed by atoms with Gasteiger partial charge in [0.1, 0.15) is 18.5 Å². The zero-order valence-electron chi connectivity index (χ0n) is 19.9. The van der Waals surface area contributed by atoms with Gasteiger partial charge in [-0.05, 0) is 50.2 Å². The summed E-state index contributed by atoms with van der Waals surface area (Å²) in [6, 6.07) is 15.8. The lowest BCUT2D eigenvalue weighted by molar-refractivity contribution is 0.0250. The predicted octanol–water partition coefficient (Wildman–Crippen LogP) is 4.86. The van der Waals surface area contributed by atoms with Crippen molar-refractivity contribution in [3.63, 3.8) is 0 Å². The molecule has 0 radical (unpaired) electrons. The Hall–Kier alpha value is -2.49. The Morgan fingerprint density at radius 1 is 1.20 bits per heavy atom. The zero-order chi connectivity index (χ0) is 24.4. The van der Waals surface area contributed by atoms with Crippen molar-refractivity contribution < 1.29 is 14.4 Å². The molecule has 9 heteroatoms. The van der Waals surface area contributed by atoms with Crippen LogP contribution in [0, 0.1) is 6.92 Å². The first-order chi connectivity index (χ1) is 16.9. The molecule has 2 unspecified atom stereocenters. The first-order valence-electron chi connectivity index (χ1n) is 11.8. The van der Waals surface area contributed by atoms with Gasteiger partial charge in [-0.3, -0.25) is 9.80 Å². The average Bonchev–Trinajstić information content (AvgIpc) is 3.45. The first kappa shape index (κ1) is 24.2. The zero-order valence-corrected chi connectivity index (χ0v) is 21.4. The second-order valence-electron chi connectivity index (χ2n) is 9.10. The van der Waals surface area contributed by atoms with Gasteiger partial charge in [-0.2, -0.15) is 0 Å². The van der Waals surface area contributed by atoms with Crippen LogP contribution in [0.1, 0.15) is 17.6 Å². The Morgan fingerprint density at radius 2 is 2.03 bits per heavy atom. The summed E-state index contributed by atoms with van der Waals surface area (Å²) >= 11 is 7.65. The van der Waals surface area contributed by atoms with Crippen LogP contribution in [-0.4, -0.2) is 70.0 Å². The van der Waals surface area contributed by atoms with E-state index in [4.69, 9.17) is 20.9 Å². The molecule has 4 aromatic rings. The summed E-state index contributed by atoms with van der Waals surface area (Å²) in [4.78, 5) is 9.20. The third-order valence-corrected chi connectivity index (χ3v) is 7.48. The molecule has 0 bridgehead atoms. The number of aromatic nitrogens is 2. The molecule has 2 atom stereocenters. The summed E-state index contributed by atoms with van der Waals surface area (Å²) in [6.45, 7) is 8.45. The molecule has 1 aliphatic heterocycles. The number of rotatable bonds is 8. The normalized spacial score (nSPS) is 18.2. The maximum absolute atomic E-state index is 10.6. The number of nitrogens with zero attached hydrogens (tertiary/aromatic N) is 4. The molecule has 5 rings (SSSR count). The Morgan fingerprint density at radius 3 is 2.83 bits per heavy atom. The number of aryl methyl sites for hydroxylation is 1. The molecular weight excluding hydrogens is 484 g/mol.